The smallest absolute Gasteiger partial charge is 0.338 e. The van der Waals surface area contributed by atoms with Gasteiger partial charge >= 0.3 is 5.97 Å². The number of benzene rings is 1. The van der Waals surface area contributed by atoms with Gasteiger partial charge in [-0.15, -0.1) is 0 Å². The first-order valence-corrected chi connectivity index (χ1v) is 5.08. The number of carbonyl (C=O) groups excluding carboxylic acids is 1. The van der Waals surface area contributed by atoms with Gasteiger partial charge in [-0.1, -0.05) is 0 Å². The molecule has 0 aliphatic heterocycles. The third-order valence-electron chi connectivity index (χ3n) is 2.26. The van der Waals surface area contributed by atoms with E-state index in [0.717, 1.165) is 5.56 Å². The molecule has 1 N–H and O–H groups in total. The molecule has 0 fully saturated rings. The van der Waals surface area contributed by atoms with Gasteiger partial charge < -0.3 is 10.1 Å². The van der Waals surface area contributed by atoms with Crippen molar-refractivity contribution in [3.05, 3.63) is 41.1 Å². The average Bonchev–Trinajstić information content (AvgIpc) is 2.39. The van der Waals surface area contributed by atoms with Crippen molar-refractivity contribution in [2.45, 2.75) is 6.92 Å². The first kappa shape index (κ1) is 13.3. The lowest BCUT2D eigenvalue weighted by Crippen LogP contribution is -2.04. The van der Waals surface area contributed by atoms with Crippen LogP contribution in [-0.2, 0) is 4.74 Å². The molecule has 0 heterocycles. The van der Waals surface area contributed by atoms with Crippen LogP contribution in [-0.4, -0.2) is 13.1 Å². The van der Waals surface area contributed by atoms with E-state index < -0.39 is 5.97 Å². The highest BCUT2D eigenvalue weighted by Crippen LogP contribution is 2.16. The lowest BCUT2D eigenvalue weighted by atomic mass is 10.1. The van der Waals surface area contributed by atoms with E-state index in [1.54, 1.807) is 37.3 Å². The number of nitrogens with zero attached hydrogens (tertiary/aromatic N) is 2. The molecule has 1 rings (SSSR count). The van der Waals surface area contributed by atoms with Crippen molar-refractivity contribution in [2.75, 3.05) is 12.4 Å². The molecule has 0 amide bonds. The summed E-state index contributed by atoms with van der Waals surface area (Å²) < 4.78 is 4.63. The maximum absolute atomic E-state index is 11.4. The van der Waals surface area contributed by atoms with E-state index in [0.29, 0.717) is 11.3 Å². The Morgan fingerprint density at radius 1 is 1.39 bits per heavy atom. The van der Waals surface area contributed by atoms with Crippen molar-refractivity contribution in [2.24, 2.45) is 0 Å². The van der Waals surface area contributed by atoms with Crippen LogP contribution in [0.5, 0.6) is 0 Å². The number of hydrogen-bond donors (Lipinski definition) is 1. The summed E-state index contributed by atoms with van der Waals surface area (Å²) in [5, 5.41) is 19.9. The molecule has 5 heteroatoms. The summed E-state index contributed by atoms with van der Waals surface area (Å²) in [4.78, 5) is 11.4. The van der Waals surface area contributed by atoms with Gasteiger partial charge in [0.25, 0.3) is 0 Å². The van der Waals surface area contributed by atoms with Gasteiger partial charge in [0, 0.05) is 11.9 Å². The van der Waals surface area contributed by atoms with Crippen molar-refractivity contribution in [1.29, 1.82) is 10.5 Å². The van der Waals surface area contributed by atoms with Gasteiger partial charge in [-0.05, 0) is 30.7 Å². The highest BCUT2D eigenvalue weighted by molar-refractivity contribution is 5.91. The Hall–Kier alpha value is -2.79. The number of ether oxygens (including phenoxy) is 1. The highest BCUT2D eigenvalue weighted by Gasteiger charge is 2.08. The van der Waals surface area contributed by atoms with Crippen molar-refractivity contribution in [1.82, 2.24) is 0 Å². The molecule has 0 bridgehead atoms. The molecular weight excluding hydrogens is 230 g/mol. The number of allylic oxidation sites excluding steroid dienone is 1. The minimum atomic E-state index is -0.399. The van der Waals surface area contributed by atoms with Gasteiger partial charge in [0.1, 0.15) is 17.7 Å². The molecule has 0 aromatic heterocycles. The summed E-state index contributed by atoms with van der Waals surface area (Å²) in [6.45, 7) is 1.77. The maximum atomic E-state index is 11.4. The normalized spacial score (nSPS) is 8.67. The van der Waals surface area contributed by atoms with E-state index in [4.69, 9.17) is 10.5 Å². The monoisotopic (exact) mass is 241 g/mol. The van der Waals surface area contributed by atoms with Crippen LogP contribution < -0.4 is 5.32 Å². The summed E-state index contributed by atoms with van der Waals surface area (Å²) in [6.07, 6.45) is 1.31. The van der Waals surface area contributed by atoms with E-state index in [2.05, 4.69) is 10.1 Å². The van der Waals surface area contributed by atoms with Gasteiger partial charge in [-0.25, -0.2) is 4.79 Å². The van der Waals surface area contributed by atoms with E-state index in [9.17, 15) is 4.79 Å². The summed E-state index contributed by atoms with van der Waals surface area (Å²) in [5.41, 5.74) is 1.89. The number of methoxy groups -OCH3 is 1. The minimum absolute atomic E-state index is 0.0234. The third-order valence-corrected chi connectivity index (χ3v) is 2.26. The van der Waals surface area contributed by atoms with E-state index >= 15 is 0 Å². The molecule has 0 atom stereocenters. The summed E-state index contributed by atoms with van der Waals surface area (Å²) in [6, 6.07) is 8.50. The van der Waals surface area contributed by atoms with Crippen LogP contribution in [0.4, 0.5) is 5.69 Å². The third kappa shape index (κ3) is 3.10. The van der Waals surface area contributed by atoms with Crippen LogP contribution in [0, 0.1) is 29.6 Å². The van der Waals surface area contributed by atoms with Crippen LogP contribution in [0.15, 0.2) is 30.0 Å². The number of esters is 1. The zero-order chi connectivity index (χ0) is 13.5. The Morgan fingerprint density at radius 3 is 2.56 bits per heavy atom. The topological polar surface area (TPSA) is 85.9 Å². The van der Waals surface area contributed by atoms with Crippen molar-refractivity contribution < 1.29 is 9.53 Å². The molecule has 1 aromatic carbocycles. The fraction of sp³-hybridized carbons (Fsp3) is 0.154. The van der Waals surface area contributed by atoms with Crippen LogP contribution >= 0.6 is 0 Å². The molecule has 0 radical (unpaired) electrons. The molecular formula is C13H11N3O2. The molecule has 0 unspecified atom stereocenters. The van der Waals surface area contributed by atoms with E-state index in [1.165, 1.54) is 13.3 Å². The molecule has 1 aromatic rings. The minimum Gasteiger partial charge on any atom is -0.465 e. The van der Waals surface area contributed by atoms with Crippen molar-refractivity contribution in [3.63, 3.8) is 0 Å². The lowest BCUT2D eigenvalue weighted by Gasteiger charge is -2.06. The molecule has 0 saturated heterocycles. The largest absolute Gasteiger partial charge is 0.465 e. The standard InChI is InChI=1S/C13H11N3O2/c1-9-5-11(16-8-10(6-14)7-15)3-4-12(9)13(17)18-2/h3-5,8,16H,1-2H3. The Bertz CT molecular complexity index is 561. The fourth-order valence-electron chi connectivity index (χ4n) is 1.34. The fourth-order valence-corrected chi connectivity index (χ4v) is 1.34. The quantitative estimate of drug-likeness (QED) is 0.647. The maximum Gasteiger partial charge on any atom is 0.338 e. The van der Waals surface area contributed by atoms with Crippen LogP contribution in [0.3, 0.4) is 0 Å². The second-order valence-electron chi connectivity index (χ2n) is 3.45. The van der Waals surface area contributed by atoms with Gasteiger partial charge in [0.2, 0.25) is 0 Å². The second-order valence-corrected chi connectivity index (χ2v) is 3.45. The molecule has 90 valence electrons. The predicted octanol–water partition coefficient (Wildman–Crippen LogP) is 2.12. The Kier molecular flexibility index (Phi) is 4.48. The molecule has 0 saturated carbocycles. The molecule has 0 aliphatic rings. The number of hydrogen-bond acceptors (Lipinski definition) is 5. The van der Waals surface area contributed by atoms with Crippen LogP contribution in [0.2, 0.25) is 0 Å². The van der Waals surface area contributed by atoms with E-state index in [1.807, 2.05) is 0 Å². The zero-order valence-corrected chi connectivity index (χ0v) is 10.0. The molecule has 18 heavy (non-hydrogen) atoms. The summed E-state index contributed by atoms with van der Waals surface area (Å²) in [7, 11) is 1.32. The lowest BCUT2D eigenvalue weighted by molar-refractivity contribution is 0.0600. The number of rotatable bonds is 3. The Labute approximate surface area is 105 Å². The number of carbonyl (C=O) groups is 1. The number of aryl methyl sites for hydroxylation is 1. The van der Waals surface area contributed by atoms with Gasteiger partial charge in [-0.2, -0.15) is 10.5 Å². The van der Waals surface area contributed by atoms with Crippen LogP contribution in [0.25, 0.3) is 0 Å². The number of anilines is 1. The Balaban J connectivity index is 2.93. The van der Waals surface area contributed by atoms with Crippen LogP contribution in [0.1, 0.15) is 15.9 Å². The Morgan fingerprint density at radius 2 is 2.06 bits per heavy atom. The summed E-state index contributed by atoms with van der Waals surface area (Å²) in [5.74, 6) is -0.399. The zero-order valence-electron chi connectivity index (χ0n) is 10.0. The SMILES string of the molecule is COC(=O)c1ccc(NC=C(C#N)C#N)cc1C. The molecule has 0 spiro atoms. The molecule has 5 nitrogen and oxygen atoms in total. The highest BCUT2D eigenvalue weighted by atomic mass is 16.5. The van der Waals surface area contributed by atoms with Gasteiger partial charge in [0.05, 0.1) is 12.7 Å². The number of nitriles is 2. The summed E-state index contributed by atoms with van der Waals surface area (Å²) >= 11 is 0. The van der Waals surface area contributed by atoms with Gasteiger partial charge in [0.15, 0.2) is 0 Å². The first-order chi connectivity index (χ1) is 8.62. The second kappa shape index (κ2) is 6.07. The van der Waals surface area contributed by atoms with Crippen molar-refractivity contribution >= 4 is 11.7 Å². The van der Waals surface area contributed by atoms with Gasteiger partial charge in [-0.3, -0.25) is 0 Å². The molecule has 0 aliphatic carbocycles. The number of nitrogens with one attached hydrogen (secondary N) is 1. The first-order valence-electron chi connectivity index (χ1n) is 5.08. The predicted molar refractivity (Wildman–Crippen MR) is 65.5 cm³/mol. The average molecular weight is 241 g/mol. The van der Waals surface area contributed by atoms with E-state index in [-0.39, 0.29) is 5.57 Å². The van der Waals surface area contributed by atoms with Crippen molar-refractivity contribution in [3.8, 4) is 12.1 Å².